The van der Waals surface area contributed by atoms with Crippen molar-refractivity contribution in [3.05, 3.63) is 28.2 Å². The van der Waals surface area contributed by atoms with E-state index in [1.165, 1.54) is 13.3 Å². The van der Waals surface area contributed by atoms with Gasteiger partial charge in [-0.2, -0.15) is 0 Å². The minimum absolute atomic E-state index is 0.195. The van der Waals surface area contributed by atoms with E-state index in [1.54, 1.807) is 0 Å². The van der Waals surface area contributed by atoms with Gasteiger partial charge in [-0.3, -0.25) is 9.78 Å². The highest BCUT2D eigenvalue weighted by Gasteiger charge is 2.40. The first kappa shape index (κ1) is 11.5. The number of pyridine rings is 1. The van der Waals surface area contributed by atoms with Crippen molar-refractivity contribution in [2.75, 3.05) is 7.11 Å². The molecule has 1 unspecified atom stereocenters. The van der Waals surface area contributed by atoms with Gasteiger partial charge in [-0.15, -0.1) is 0 Å². The molecule has 1 fully saturated rings. The molecule has 86 valence electrons. The summed E-state index contributed by atoms with van der Waals surface area (Å²) >= 11 is 3.23. The maximum absolute atomic E-state index is 13.7. The van der Waals surface area contributed by atoms with Gasteiger partial charge in [0.05, 0.1) is 19.2 Å². The highest BCUT2D eigenvalue weighted by Crippen LogP contribution is 2.45. The molecule has 0 spiro atoms. The van der Waals surface area contributed by atoms with Crippen LogP contribution in [0, 0.1) is 11.7 Å². The van der Waals surface area contributed by atoms with Crippen LogP contribution in [0.15, 0.2) is 16.9 Å². The van der Waals surface area contributed by atoms with Gasteiger partial charge in [0.15, 0.2) is 0 Å². The lowest BCUT2D eigenvalue weighted by molar-refractivity contribution is -0.143. The summed E-state index contributed by atoms with van der Waals surface area (Å²) < 4.78 is 18.9. The fourth-order valence-electron chi connectivity index (χ4n) is 1.82. The third-order valence-electron chi connectivity index (χ3n) is 2.75. The number of methoxy groups -OCH3 is 1. The van der Waals surface area contributed by atoms with Crippen LogP contribution < -0.4 is 0 Å². The molecule has 16 heavy (non-hydrogen) atoms. The van der Waals surface area contributed by atoms with Crippen LogP contribution in [-0.4, -0.2) is 18.1 Å². The van der Waals surface area contributed by atoms with Gasteiger partial charge in [0, 0.05) is 16.2 Å². The van der Waals surface area contributed by atoms with Gasteiger partial charge in [0.2, 0.25) is 0 Å². The topological polar surface area (TPSA) is 39.2 Å². The second-order valence-electron chi connectivity index (χ2n) is 3.86. The van der Waals surface area contributed by atoms with Crippen LogP contribution in [-0.2, 0) is 9.53 Å². The van der Waals surface area contributed by atoms with E-state index in [0.717, 1.165) is 19.0 Å². The zero-order valence-electron chi connectivity index (χ0n) is 8.74. The summed E-state index contributed by atoms with van der Waals surface area (Å²) in [4.78, 5) is 15.4. The summed E-state index contributed by atoms with van der Waals surface area (Å²) in [6.07, 6.45) is 4.50. The Morgan fingerprint density at radius 1 is 1.62 bits per heavy atom. The van der Waals surface area contributed by atoms with Crippen molar-refractivity contribution < 1.29 is 13.9 Å². The lowest BCUT2D eigenvalue weighted by atomic mass is 9.95. The number of hydrogen-bond acceptors (Lipinski definition) is 3. The van der Waals surface area contributed by atoms with Crippen LogP contribution in [0.5, 0.6) is 0 Å². The molecular weight excluding hydrogens is 277 g/mol. The molecule has 2 rings (SSSR count). The van der Waals surface area contributed by atoms with Crippen LogP contribution in [0.25, 0.3) is 0 Å². The molecule has 1 aromatic heterocycles. The van der Waals surface area contributed by atoms with E-state index >= 15 is 0 Å². The lowest BCUT2D eigenvalue weighted by Gasteiger charge is -2.16. The van der Waals surface area contributed by atoms with Crippen molar-refractivity contribution in [3.8, 4) is 0 Å². The third kappa shape index (κ3) is 2.09. The van der Waals surface area contributed by atoms with Gasteiger partial charge in [-0.25, -0.2) is 4.39 Å². The number of ether oxygens (including phenoxy) is 1. The van der Waals surface area contributed by atoms with Gasteiger partial charge >= 0.3 is 5.97 Å². The van der Waals surface area contributed by atoms with Crippen molar-refractivity contribution in [2.24, 2.45) is 5.92 Å². The number of hydrogen-bond donors (Lipinski definition) is 0. The van der Waals surface area contributed by atoms with E-state index in [1.807, 2.05) is 0 Å². The minimum Gasteiger partial charge on any atom is -0.469 e. The number of esters is 1. The van der Waals surface area contributed by atoms with E-state index in [2.05, 4.69) is 20.9 Å². The Kier molecular flexibility index (Phi) is 3.23. The Bertz CT molecular complexity index is 400. The second kappa shape index (κ2) is 4.49. The maximum Gasteiger partial charge on any atom is 0.313 e. The van der Waals surface area contributed by atoms with Gasteiger partial charge in [0.25, 0.3) is 0 Å². The van der Waals surface area contributed by atoms with Crippen LogP contribution in [0.2, 0.25) is 0 Å². The number of halogens is 2. The molecule has 0 aliphatic heterocycles. The van der Waals surface area contributed by atoms with E-state index in [9.17, 15) is 9.18 Å². The zero-order valence-corrected chi connectivity index (χ0v) is 10.3. The second-order valence-corrected chi connectivity index (χ2v) is 4.71. The van der Waals surface area contributed by atoms with E-state index < -0.39 is 11.7 Å². The molecular formula is C11H11BrFNO2. The average molecular weight is 288 g/mol. The number of carbonyl (C=O) groups excluding carboxylic acids is 1. The van der Waals surface area contributed by atoms with Crippen molar-refractivity contribution in [3.63, 3.8) is 0 Å². The highest BCUT2D eigenvalue weighted by molar-refractivity contribution is 9.10. The molecule has 1 saturated carbocycles. The maximum atomic E-state index is 13.7. The molecule has 5 heteroatoms. The van der Waals surface area contributed by atoms with E-state index in [0.29, 0.717) is 10.0 Å². The van der Waals surface area contributed by atoms with Gasteiger partial charge in [-0.05, 0) is 34.7 Å². The fourth-order valence-corrected chi connectivity index (χ4v) is 2.38. The summed E-state index contributed by atoms with van der Waals surface area (Å²) in [5, 5.41) is 0. The minimum atomic E-state index is -0.512. The van der Waals surface area contributed by atoms with Crippen LogP contribution in [0.1, 0.15) is 24.3 Å². The van der Waals surface area contributed by atoms with Gasteiger partial charge in [0.1, 0.15) is 5.82 Å². The molecule has 3 nitrogen and oxygen atoms in total. The Hall–Kier alpha value is -0.970. The Morgan fingerprint density at radius 2 is 2.31 bits per heavy atom. The molecule has 0 amide bonds. The number of carbonyl (C=O) groups is 1. The van der Waals surface area contributed by atoms with Crippen molar-refractivity contribution in [1.29, 1.82) is 0 Å². The summed E-state index contributed by atoms with van der Waals surface area (Å²) in [5.41, 5.74) is 0.365. The molecule has 0 radical (unpaired) electrons. The Labute approximate surface area is 101 Å². The Balaban J connectivity index is 2.42. The standard InChI is InChI=1S/C11H11BrFNO2/c1-16-11(15)9(6-2-3-6)10-7(12)4-14-5-8(10)13/h4-6,9H,2-3H2,1H3. The SMILES string of the molecule is COC(=O)C(c1c(F)cncc1Br)C1CC1. The van der Waals surface area contributed by atoms with Crippen molar-refractivity contribution in [1.82, 2.24) is 4.98 Å². The molecule has 1 aliphatic carbocycles. The summed E-state index contributed by atoms with van der Waals surface area (Å²) in [7, 11) is 1.32. The summed E-state index contributed by atoms with van der Waals surface area (Å²) in [6, 6.07) is 0. The predicted molar refractivity (Wildman–Crippen MR) is 59.4 cm³/mol. The average Bonchev–Trinajstić information content (AvgIpc) is 3.06. The molecule has 1 atom stereocenters. The van der Waals surface area contributed by atoms with Crippen LogP contribution in [0.4, 0.5) is 4.39 Å². The third-order valence-corrected chi connectivity index (χ3v) is 3.38. The molecule has 0 N–H and O–H groups in total. The quantitative estimate of drug-likeness (QED) is 0.803. The monoisotopic (exact) mass is 287 g/mol. The smallest absolute Gasteiger partial charge is 0.313 e. The Morgan fingerprint density at radius 3 is 2.81 bits per heavy atom. The lowest BCUT2D eigenvalue weighted by Crippen LogP contribution is -2.18. The molecule has 1 aliphatic rings. The molecule has 1 aromatic rings. The molecule has 0 bridgehead atoms. The molecule has 0 saturated heterocycles. The summed E-state index contributed by atoms with van der Waals surface area (Å²) in [5.74, 6) is -1.16. The predicted octanol–water partition coefficient (Wildman–Crippen LogP) is 2.65. The highest BCUT2D eigenvalue weighted by atomic mass is 79.9. The zero-order chi connectivity index (χ0) is 11.7. The van der Waals surface area contributed by atoms with Gasteiger partial charge < -0.3 is 4.74 Å². The van der Waals surface area contributed by atoms with Crippen molar-refractivity contribution in [2.45, 2.75) is 18.8 Å². The number of rotatable bonds is 3. The van der Waals surface area contributed by atoms with Crippen LogP contribution in [0.3, 0.4) is 0 Å². The number of aromatic nitrogens is 1. The first-order valence-corrected chi connectivity index (χ1v) is 5.81. The van der Waals surface area contributed by atoms with E-state index in [4.69, 9.17) is 4.74 Å². The van der Waals surface area contributed by atoms with Gasteiger partial charge in [-0.1, -0.05) is 0 Å². The normalized spacial score (nSPS) is 16.9. The van der Waals surface area contributed by atoms with Crippen LogP contribution >= 0.6 is 15.9 Å². The van der Waals surface area contributed by atoms with E-state index in [-0.39, 0.29) is 11.9 Å². The molecule has 1 heterocycles. The fraction of sp³-hybridized carbons (Fsp3) is 0.455. The largest absolute Gasteiger partial charge is 0.469 e. The summed E-state index contributed by atoms with van der Waals surface area (Å²) in [6.45, 7) is 0. The van der Waals surface area contributed by atoms with Crippen molar-refractivity contribution >= 4 is 21.9 Å². The first-order valence-electron chi connectivity index (χ1n) is 5.02. The number of nitrogens with zero attached hydrogens (tertiary/aromatic N) is 1. The first-order chi connectivity index (χ1) is 7.65. The molecule has 0 aromatic carbocycles.